The first-order chi connectivity index (χ1) is 13.2. The van der Waals surface area contributed by atoms with E-state index in [-0.39, 0.29) is 22.9 Å². The second-order valence-corrected chi connectivity index (χ2v) is 8.38. The quantitative estimate of drug-likeness (QED) is 0.658. The van der Waals surface area contributed by atoms with Crippen LogP contribution in [-0.2, 0) is 16.6 Å². The Labute approximate surface area is 164 Å². The summed E-state index contributed by atoms with van der Waals surface area (Å²) in [6.45, 7) is 5.73. The molecule has 0 spiro atoms. The Hall–Kier alpha value is -3.06. The van der Waals surface area contributed by atoms with Crippen molar-refractivity contribution in [1.29, 1.82) is 0 Å². The first-order valence-electron chi connectivity index (χ1n) is 8.77. The number of hydrogen-bond acceptors (Lipinski definition) is 4. The molecule has 0 atom stereocenters. The maximum atomic E-state index is 12.9. The van der Waals surface area contributed by atoms with Gasteiger partial charge in [-0.3, -0.25) is 9.52 Å². The standard InChI is InChI=1S/C21H22N2O4S/c1-14-9-15(2)11-18(10-14)23-28(25,26)20-12-17(7-6-16(20)3)21(24)22-13-19-5-4-8-27-19/h4-12,23H,13H2,1-3H3,(H,22,24). The summed E-state index contributed by atoms with van der Waals surface area (Å²) in [6, 6.07) is 13.6. The van der Waals surface area contributed by atoms with Crippen molar-refractivity contribution >= 4 is 21.6 Å². The summed E-state index contributed by atoms with van der Waals surface area (Å²) in [7, 11) is -3.84. The van der Waals surface area contributed by atoms with Crippen molar-refractivity contribution in [1.82, 2.24) is 5.32 Å². The van der Waals surface area contributed by atoms with Crippen LogP contribution in [0, 0.1) is 20.8 Å². The number of rotatable bonds is 6. The summed E-state index contributed by atoms with van der Waals surface area (Å²) >= 11 is 0. The van der Waals surface area contributed by atoms with Gasteiger partial charge in [-0.05, 0) is 73.9 Å². The van der Waals surface area contributed by atoms with Gasteiger partial charge in [0.25, 0.3) is 15.9 Å². The van der Waals surface area contributed by atoms with Crippen LogP contribution in [0.2, 0.25) is 0 Å². The average Bonchev–Trinajstić information content (AvgIpc) is 3.12. The van der Waals surface area contributed by atoms with Crippen LogP contribution in [0.25, 0.3) is 0 Å². The minimum absolute atomic E-state index is 0.0670. The summed E-state index contributed by atoms with van der Waals surface area (Å²) in [4.78, 5) is 12.5. The Kier molecular flexibility index (Phi) is 5.56. The molecule has 2 aromatic carbocycles. The molecule has 146 valence electrons. The van der Waals surface area contributed by atoms with Crippen LogP contribution >= 0.6 is 0 Å². The predicted molar refractivity (Wildman–Crippen MR) is 108 cm³/mol. The highest BCUT2D eigenvalue weighted by Gasteiger charge is 2.19. The van der Waals surface area contributed by atoms with Crippen LogP contribution < -0.4 is 10.0 Å². The van der Waals surface area contributed by atoms with Crippen molar-refractivity contribution in [2.75, 3.05) is 4.72 Å². The highest BCUT2D eigenvalue weighted by Crippen LogP contribution is 2.22. The lowest BCUT2D eigenvalue weighted by Crippen LogP contribution is -2.23. The number of carbonyl (C=O) groups is 1. The molecular formula is C21H22N2O4S. The van der Waals surface area contributed by atoms with E-state index in [9.17, 15) is 13.2 Å². The maximum Gasteiger partial charge on any atom is 0.262 e. The second kappa shape index (κ2) is 7.90. The number of aryl methyl sites for hydroxylation is 3. The number of hydrogen-bond donors (Lipinski definition) is 2. The third-order valence-electron chi connectivity index (χ3n) is 4.22. The number of nitrogens with one attached hydrogen (secondary N) is 2. The van der Waals surface area contributed by atoms with Crippen molar-refractivity contribution in [3.05, 3.63) is 82.8 Å². The van der Waals surface area contributed by atoms with Crippen molar-refractivity contribution in [2.45, 2.75) is 32.2 Å². The molecule has 6 nitrogen and oxygen atoms in total. The van der Waals surface area contributed by atoms with Gasteiger partial charge in [-0.15, -0.1) is 0 Å². The van der Waals surface area contributed by atoms with E-state index in [2.05, 4.69) is 10.0 Å². The molecule has 1 heterocycles. The molecule has 1 amide bonds. The summed E-state index contributed by atoms with van der Waals surface area (Å²) in [5, 5.41) is 2.72. The average molecular weight is 398 g/mol. The largest absolute Gasteiger partial charge is 0.467 e. The highest BCUT2D eigenvalue weighted by molar-refractivity contribution is 7.92. The Morgan fingerprint density at radius 3 is 2.36 bits per heavy atom. The molecule has 3 rings (SSSR count). The number of anilines is 1. The zero-order chi connectivity index (χ0) is 20.3. The molecule has 0 fully saturated rings. The number of furan rings is 1. The zero-order valence-corrected chi connectivity index (χ0v) is 16.8. The molecule has 0 saturated carbocycles. The van der Waals surface area contributed by atoms with E-state index >= 15 is 0 Å². The van der Waals surface area contributed by atoms with Gasteiger partial charge in [-0.2, -0.15) is 0 Å². The van der Waals surface area contributed by atoms with Crippen molar-refractivity contribution < 1.29 is 17.6 Å². The lowest BCUT2D eigenvalue weighted by Gasteiger charge is -2.13. The molecule has 2 N–H and O–H groups in total. The fourth-order valence-corrected chi connectivity index (χ4v) is 4.27. The third kappa shape index (κ3) is 4.61. The van der Waals surface area contributed by atoms with Gasteiger partial charge in [0.1, 0.15) is 5.76 Å². The Morgan fingerprint density at radius 2 is 1.71 bits per heavy atom. The second-order valence-electron chi connectivity index (χ2n) is 6.72. The van der Waals surface area contributed by atoms with Crippen molar-refractivity contribution in [3.63, 3.8) is 0 Å². The molecule has 3 aromatic rings. The summed E-state index contributed by atoms with van der Waals surface area (Å²) < 4.78 is 33.6. The van der Waals surface area contributed by atoms with E-state index in [0.29, 0.717) is 17.0 Å². The number of benzene rings is 2. The van der Waals surface area contributed by atoms with Gasteiger partial charge < -0.3 is 9.73 Å². The minimum Gasteiger partial charge on any atom is -0.467 e. The molecule has 0 aliphatic rings. The van der Waals surface area contributed by atoms with E-state index in [1.165, 1.54) is 12.3 Å². The molecule has 0 radical (unpaired) electrons. The number of sulfonamides is 1. The smallest absolute Gasteiger partial charge is 0.262 e. The summed E-state index contributed by atoms with van der Waals surface area (Å²) in [5.74, 6) is 0.240. The Bertz CT molecular complexity index is 1080. The van der Waals surface area contributed by atoms with Gasteiger partial charge in [-0.25, -0.2) is 8.42 Å². The van der Waals surface area contributed by atoms with Gasteiger partial charge in [0, 0.05) is 11.3 Å². The van der Waals surface area contributed by atoms with Crippen LogP contribution in [0.5, 0.6) is 0 Å². The molecular weight excluding hydrogens is 376 g/mol. The van der Waals surface area contributed by atoms with Gasteiger partial charge in [0.05, 0.1) is 17.7 Å². The van der Waals surface area contributed by atoms with E-state index in [1.54, 1.807) is 43.3 Å². The maximum absolute atomic E-state index is 12.9. The number of amides is 1. The van der Waals surface area contributed by atoms with E-state index < -0.39 is 10.0 Å². The molecule has 0 aliphatic heterocycles. The first-order valence-corrected chi connectivity index (χ1v) is 10.3. The summed E-state index contributed by atoms with van der Waals surface area (Å²) in [6.07, 6.45) is 1.52. The monoisotopic (exact) mass is 398 g/mol. The zero-order valence-electron chi connectivity index (χ0n) is 15.9. The molecule has 0 unspecified atom stereocenters. The number of carbonyl (C=O) groups excluding carboxylic acids is 1. The molecule has 0 saturated heterocycles. The van der Waals surface area contributed by atoms with Gasteiger partial charge >= 0.3 is 0 Å². The SMILES string of the molecule is Cc1cc(C)cc(NS(=O)(=O)c2cc(C(=O)NCc3ccco3)ccc2C)c1. The molecule has 0 aliphatic carbocycles. The highest BCUT2D eigenvalue weighted by atomic mass is 32.2. The molecule has 1 aromatic heterocycles. The van der Waals surface area contributed by atoms with E-state index in [0.717, 1.165) is 11.1 Å². The van der Waals surface area contributed by atoms with Crippen LogP contribution in [-0.4, -0.2) is 14.3 Å². The molecule has 28 heavy (non-hydrogen) atoms. The third-order valence-corrected chi connectivity index (χ3v) is 5.74. The van der Waals surface area contributed by atoms with Crippen molar-refractivity contribution in [3.8, 4) is 0 Å². The van der Waals surface area contributed by atoms with Crippen LogP contribution in [0.1, 0.15) is 32.8 Å². The Morgan fingerprint density at radius 1 is 1.00 bits per heavy atom. The topological polar surface area (TPSA) is 88.4 Å². The van der Waals surface area contributed by atoms with Gasteiger partial charge in [0.15, 0.2) is 0 Å². The molecule has 7 heteroatoms. The minimum atomic E-state index is -3.84. The van der Waals surface area contributed by atoms with Crippen molar-refractivity contribution in [2.24, 2.45) is 0 Å². The lowest BCUT2D eigenvalue weighted by atomic mass is 10.1. The van der Waals surface area contributed by atoms with Gasteiger partial charge in [-0.1, -0.05) is 12.1 Å². The Balaban J connectivity index is 1.84. The van der Waals surface area contributed by atoms with E-state index in [4.69, 9.17) is 4.42 Å². The fourth-order valence-electron chi connectivity index (χ4n) is 2.96. The van der Waals surface area contributed by atoms with Crippen LogP contribution in [0.15, 0.2) is 64.1 Å². The van der Waals surface area contributed by atoms with Crippen LogP contribution in [0.3, 0.4) is 0 Å². The predicted octanol–water partition coefficient (Wildman–Crippen LogP) is 3.94. The summed E-state index contributed by atoms with van der Waals surface area (Å²) in [5.41, 5.74) is 3.22. The fraction of sp³-hybridized carbons (Fsp3) is 0.190. The first kappa shape index (κ1) is 19.7. The van der Waals surface area contributed by atoms with Crippen LogP contribution in [0.4, 0.5) is 5.69 Å². The van der Waals surface area contributed by atoms with Gasteiger partial charge in [0.2, 0.25) is 0 Å². The normalized spacial score (nSPS) is 11.2. The van der Waals surface area contributed by atoms with E-state index in [1.807, 2.05) is 19.9 Å². The molecule has 0 bridgehead atoms. The lowest BCUT2D eigenvalue weighted by molar-refractivity contribution is 0.0948.